The Hall–Kier alpha value is -0.810. The lowest BCUT2D eigenvalue weighted by atomic mass is 9.63. The summed E-state index contributed by atoms with van der Waals surface area (Å²) in [5.74, 6) is 0.397. The lowest BCUT2D eigenvalue weighted by Gasteiger charge is -2.43. The van der Waals surface area contributed by atoms with Crippen LogP contribution in [-0.4, -0.2) is 23.4 Å². The molecule has 0 heterocycles. The van der Waals surface area contributed by atoms with Crippen LogP contribution in [0.4, 0.5) is 0 Å². The van der Waals surface area contributed by atoms with Crippen LogP contribution in [0.15, 0.2) is 5.10 Å². The summed E-state index contributed by atoms with van der Waals surface area (Å²) >= 11 is 0. The van der Waals surface area contributed by atoms with Crippen molar-refractivity contribution in [3.05, 3.63) is 0 Å². The van der Waals surface area contributed by atoms with E-state index in [0.717, 1.165) is 12.8 Å². The van der Waals surface area contributed by atoms with Crippen molar-refractivity contribution in [3.63, 3.8) is 0 Å². The highest BCUT2D eigenvalue weighted by Crippen LogP contribution is 2.48. The first-order chi connectivity index (χ1) is 8.60. The maximum atomic E-state index is 9.58. The molecule has 2 aliphatic carbocycles. The van der Waals surface area contributed by atoms with Gasteiger partial charge in [0.05, 0.1) is 6.10 Å². The summed E-state index contributed by atoms with van der Waals surface area (Å²) in [6, 6.07) is 0. The number of hydrazone groups is 1. The number of nitrogens with zero attached hydrogens (tertiary/aromatic N) is 1. The van der Waals surface area contributed by atoms with Gasteiger partial charge in [0.2, 0.25) is 5.96 Å². The summed E-state index contributed by atoms with van der Waals surface area (Å²) in [7, 11) is 0. The van der Waals surface area contributed by atoms with E-state index in [1.54, 1.807) is 0 Å². The number of aliphatic hydroxyl groups excluding tert-OH is 1. The Morgan fingerprint density at radius 1 is 1.21 bits per heavy atom. The fraction of sp³-hybridized carbons (Fsp3) is 0.846. The summed E-state index contributed by atoms with van der Waals surface area (Å²) < 4.78 is 0. The average molecular weight is 289 g/mol. The SMILES string of the molecule is Cl.N=C(N)NN=CC1CCC2(CCC(O)CC2)CC1. The maximum absolute atomic E-state index is 9.58. The van der Waals surface area contributed by atoms with Crippen molar-refractivity contribution in [2.45, 2.75) is 57.5 Å². The van der Waals surface area contributed by atoms with Gasteiger partial charge in [0.1, 0.15) is 0 Å². The van der Waals surface area contributed by atoms with E-state index in [2.05, 4.69) is 10.5 Å². The van der Waals surface area contributed by atoms with Gasteiger partial charge < -0.3 is 10.8 Å². The number of hydrogen-bond acceptors (Lipinski definition) is 3. The van der Waals surface area contributed by atoms with Crippen molar-refractivity contribution in [2.75, 3.05) is 0 Å². The standard InChI is InChI=1S/C13H24N4O.ClH/c14-12(15)17-16-9-10-1-5-13(6-2-10)7-3-11(18)4-8-13;/h9-11,18H,1-8H2,(H4,14,15,17);1H. The number of halogens is 1. The fourth-order valence-corrected chi connectivity index (χ4v) is 3.33. The van der Waals surface area contributed by atoms with Gasteiger partial charge in [-0.2, -0.15) is 5.10 Å². The first-order valence-corrected chi connectivity index (χ1v) is 6.91. The van der Waals surface area contributed by atoms with Gasteiger partial charge in [-0.15, -0.1) is 12.4 Å². The highest BCUT2D eigenvalue weighted by molar-refractivity contribution is 5.85. The molecule has 0 aromatic carbocycles. The molecule has 0 aliphatic heterocycles. The first kappa shape index (κ1) is 16.2. The lowest BCUT2D eigenvalue weighted by Crippen LogP contribution is -2.34. The zero-order valence-electron chi connectivity index (χ0n) is 11.3. The summed E-state index contributed by atoms with van der Waals surface area (Å²) in [5, 5.41) is 20.6. The van der Waals surface area contributed by atoms with Crippen LogP contribution in [0.3, 0.4) is 0 Å². The first-order valence-electron chi connectivity index (χ1n) is 6.91. The second-order valence-electron chi connectivity index (χ2n) is 5.87. The van der Waals surface area contributed by atoms with Crippen molar-refractivity contribution in [2.24, 2.45) is 22.2 Å². The van der Waals surface area contributed by atoms with Crippen molar-refractivity contribution in [1.29, 1.82) is 5.41 Å². The molecule has 19 heavy (non-hydrogen) atoms. The number of aliphatic hydroxyl groups is 1. The molecule has 2 saturated carbocycles. The van der Waals surface area contributed by atoms with Gasteiger partial charge in [-0.25, -0.2) is 5.43 Å². The van der Waals surface area contributed by atoms with Gasteiger partial charge in [-0.3, -0.25) is 5.41 Å². The third kappa shape index (κ3) is 4.66. The van der Waals surface area contributed by atoms with Gasteiger partial charge in [-0.05, 0) is 62.7 Å². The van der Waals surface area contributed by atoms with Crippen LogP contribution >= 0.6 is 12.4 Å². The molecule has 0 saturated heterocycles. The Morgan fingerprint density at radius 3 is 2.26 bits per heavy atom. The molecule has 6 heteroatoms. The summed E-state index contributed by atoms with van der Waals surface area (Å²) in [4.78, 5) is 0. The Kier molecular flexibility index (Phi) is 6.07. The van der Waals surface area contributed by atoms with Crippen molar-refractivity contribution in [3.8, 4) is 0 Å². The minimum atomic E-state index is -0.111. The van der Waals surface area contributed by atoms with Crippen LogP contribution in [0.1, 0.15) is 51.4 Å². The predicted octanol–water partition coefficient (Wildman–Crippen LogP) is 1.99. The summed E-state index contributed by atoms with van der Waals surface area (Å²) in [5.41, 5.74) is 8.13. The maximum Gasteiger partial charge on any atom is 0.206 e. The molecule has 0 bridgehead atoms. The van der Waals surface area contributed by atoms with Gasteiger partial charge in [-0.1, -0.05) is 0 Å². The molecule has 0 atom stereocenters. The van der Waals surface area contributed by atoms with Crippen LogP contribution in [0, 0.1) is 16.7 Å². The zero-order valence-corrected chi connectivity index (χ0v) is 12.1. The number of rotatable bonds is 2. The molecule has 110 valence electrons. The topological polar surface area (TPSA) is 94.5 Å². The van der Waals surface area contributed by atoms with Crippen molar-refractivity contribution in [1.82, 2.24) is 5.43 Å². The van der Waals surface area contributed by atoms with Gasteiger partial charge in [0.15, 0.2) is 0 Å². The predicted molar refractivity (Wildman–Crippen MR) is 79.7 cm³/mol. The molecule has 2 aliphatic rings. The summed E-state index contributed by atoms with van der Waals surface area (Å²) in [6.45, 7) is 0. The number of nitrogens with one attached hydrogen (secondary N) is 2. The number of nitrogens with two attached hydrogens (primary N) is 1. The normalized spacial score (nSPS) is 35.0. The third-order valence-corrected chi connectivity index (χ3v) is 4.58. The molecule has 2 rings (SSSR count). The minimum absolute atomic E-state index is 0. The van der Waals surface area contributed by atoms with E-state index < -0.39 is 0 Å². The second kappa shape index (κ2) is 7.10. The van der Waals surface area contributed by atoms with Crippen molar-refractivity contribution < 1.29 is 5.11 Å². The largest absolute Gasteiger partial charge is 0.393 e. The minimum Gasteiger partial charge on any atom is -0.393 e. The lowest BCUT2D eigenvalue weighted by molar-refractivity contribution is 0.0353. The quantitative estimate of drug-likeness (QED) is 0.355. The smallest absolute Gasteiger partial charge is 0.206 e. The molecule has 0 aromatic heterocycles. The van der Waals surface area contributed by atoms with Crippen molar-refractivity contribution >= 4 is 24.6 Å². The second-order valence-corrected chi connectivity index (χ2v) is 5.87. The molecule has 1 spiro atoms. The van der Waals surface area contributed by atoms with E-state index >= 15 is 0 Å². The van der Waals surface area contributed by atoms with Crippen LogP contribution in [0.2, 0.25) is 0 Å². The van der Waals surface area contributed by atoms with Gasteiger partial charge >= 0.3 is 0 Å². The number of hydrogen-bond donors (Lipinski definition) is 4. The van der Waals surface area contributed by atoms with Crippen LogP contribution in [0.5, 0.6) is 0 Å². The third-order valence-electron chi connectivity index (χ3n) is 4.58. The van der Waals surface area contributed by atoms with Crippen LogP contribution < -0.4 is 11.2 Å². The molecule has 0 radical (unpaired) electrons. The van der Waals surface area contributed by atoms with E-state index in [1.807, 2.05) is 6.21 Å². The van der Waals surface area contributed by atoms with E-state index in [0.29, 0.717) is 11.3 Å². The molecule has 0 amide bonds. The van der Waals surface area contributed by atoms with E-state index in [-0.39, 0.29) is 24.5 Å². The molecule has 0 unspecified atom stereocenters. The Morgan fingerprint density at radius 2 is 1.74 bits per heavy atom. The highest BCUT2D eigenvalue weighted by Gasteiger charge is 2.37. The molecule has 2 fully saturated rings. The number of guanidine groups is 1. The Bertz CT molecular complexity index is 317. The molecular weight excluding hydrogens is 264 g/mol. The zero-order chi connectivity index (χ0) is 13.0. The highest BCUT2D eigenvalue weighted by atomic mass is 35.5. The molecule has 5 nitrogen and oxygen atoms in total. The van der Waals surface area contributed by atoms with E-state index in [1.165, 1.54) is 38.5 Å². The molecular formula is C13H25ClN4O. The molecule has 0 aromatic rings. The summed E-state index contributed by atoms with van der Waals surface area (Å²) in [6.07, 6.45) is 11.0. The van der Waals surface area contributed by atoms with Gasteiger partial charge in [0.25, 0.3) is 0 Å². The van der Waals surface area contributed by atoms with Crippen LogP contribution in [0.25, 0.3) is 0 Å². The van der Waals surface area contributed by atoms with Gasteiger partial charge in [0, 0.05) is 6.21 Å². The Labute approximate surface area is 120 Å². The Balaban J connectivity index is 0.00000180. The average Bonchev–Trinajstić information content (AvgIpc) is 2.35. The molecule has 5 N–H and O–H groups in total. The van der Waals surface area contributed by atoms with Crippen LogP contribution in [-0.2, 0) is 0 Å². The fourth-order valence-electron chi connectivity index (χ4n) is 3.33. The van der Waals surface area contributed by atoms with E-state index in [4.69, 9.17) is 11.1 Å². The van der Waals surface area contributed by atoms with E-state index in [9.17, 15) is 5.11 Å². The monoisotopic (exact) mass is 288 g/mol.